The molecule has 2 rings (SSSR count). The van der Waals surface area contributed by atoms with Crippen LogP contribution in [0.1, 0.15) is 0 Å². The third-order valence-electron chi connectivity index (χ3n) is 1.43. The SMILES string of the molecule is S=c1o[c]nc2ccccc12. The molecule has 0 aliphatic carbocycles. The molecule has 2 aromatic rings. The maximum Gasteiger partial charge on any atom is 0.285 e. The first-order chi connectivity index (χ1) is 5.38. The molecule has 0 atom stereocenters. The van der Waals surface area contributed by atoms with Crippen molar-refractivity contribution in [2.75, 3.05) is 0 Å². The number of para-hydroxylation sites is 1. The van der Waals surface area contributed by atoms with Gasteiger partial charge in [0.1, 0.15) is 0 Å². The normalized spacial score (nSPS) is 10.2. The predicted octanol–water partition coefficient (Wildman–Crippen LogP) is 2.36. The van der Waals surface area contributed by atoms with Crippen LogP contribution in [0.5, 0.6) is 0 Å². The highest BCUT2D eigenvalue weighted by atomic mass is 32.1. The van der Waals surface area contributed by atoms with E-state index in [2.05, 4.69) is 11.4 Å². The Hall–Kier alpha value is -1.22. The van der Waals surface area contributed by atoms with E-state index in [4.69, 9.17) is 16.6 Å². The number of aromatic nitrogens is 1. The second-order valence-corrected chi connectivity index (χ2v) is 2.48. The summed E-state index contributed by atoms with van der Waals surface area (Å²) in [6.45, 7) is 0. The lowest BCUT2D eigenvalue weighted by atomic mass is 10.2. The summed E-state index contributed by atoms with van der Waals surface area (Å²) in [5, 5.41) is 0.862. The van der Waals surface area contributed by atoms with Crippen LogP contribution in [0.25, 0.3) is 10.9 Å². The zero-order chi connectivity index (χ0) is 7.68. The van der Waals surface area contributed by atoms with E-state index in [-0.39, 0.29) is 0 Å². The Kier molecular flexibility index (Phi) is 1.43. The Bertz CT molecular complexity index is 430. The van der Waals surface area contributed by atoms with Gasteiger partial charge < -0.3 is 4.42 Å². The van der Waals surface area contributed by atoms with Crippen molar-refractivity contribution in [1.29, 1.82) is 0 Å². The Morgan fingerprint density at radius 2 is 2.18 bits per heavy atom. The van der Waals surface area contributed by atoms with E-state index < -0.39 is 0 Å². The van der Waals surface area contributed by atoms with Crippen molar-refractivity contribution in [3.05, 3.63) is 35.4 Å². The molecule has 0 fully saturated rings. The number of fused-ring (bicyclic) bond motifs is 1. The van der Waals surface area contributed by atoms with Gasteiger partial charge in [-0.1, -0.05) is 12.1 Å². The standard InChI is InChI=1S/C8H4NOS/c11-8-6-3-1-2-4-7(6)9-5-10-8/h1-4H. The van der Waals surface area contributed by atoms with Crippen LogP contribution in [-0.2, 0) is 0 Å². The van der Waals surface area contributed by atoms with Crippen molar-refractivity contribution < 1.29 is 4.42 Å². The summed E-state index contributed by atoms with van der Waals surface area (Å²) in [6, 6.07) is 7.55. The largest absolute Gasteiger partial charge is 0.422 e. The van der Waals surface area contributed by atoms with Gasteiger partial charge in [-0.2, -0.15) is 0 Å². The molecule has 0 unspecified atom stereocenters. The summed E-state index contributed by atoms with van der Waals surface area (Å²) in [7, 11) is 0. The summed E-state index contributed by atoms with van der Waals surface area (Å²) in [6.07, 6.45) is 2.37. The second kappa shape index (κ2) is 2.43. The molecule has 0 aliphatic rings. The zero-order valence-electron chi connectivity index (χ0n) is 5.57. The van der Waals surface area contributed by atoms with Gasteiger partial charge in [-0.15, -0.1) is 0 Å². The molecular weight excluding hydrogens is 158 g/mol. The van der Waals surface area contributed by atoms with Gasteiger partial charge in [-0.25, -0.2) is 4.98 Å². The number of hydrogen-bond acceptors (Lipinski definition) is 3. The Labute approximate surface area is 68.5 Å². The average molecular weight is 162 g/mol. The van der Waals surface area contributed by atoms with Crippen LogP contribution >= 0.6 is 12.2 Å². The van der Waals surface area contributed by atoms with Gasteiger partial charge in [0, 0.05) is 0 Å². The van der Waals surface area contributed by atoms with E-state index in [0.717, 1.165) is 10.9 Å². The number of benzene rings is 1. The Morgan fingerprint density at radius 1 is 1.36 bits per heavy atom. The van der Waals surface area contributed by atoms with E-state index in [0.29, 0.717) is 4.71 Å². The molecule has 0 amide bonds. The average Bonchev–Trinajstić information content (AvgIpc) is 2.06. The summed E-state index contributed by atoms with van der Waals surface area (Å²) in [5.74, 6) is 0. The minimum absolute atomic E-state index is 0.440. The molecule has 0 N–H and O–H groups in total. The molecule has 1 aromatic carbocycles. The van der Waals surface area contributed by atoms with Crippen LogP contribution in [0.4, 0.5) is 0 Å². The number of nitrogens with zero attached hydrogens (tertiary/aromatic N) is 1. The summed E-state index contributed by atoms with van der Waals surface area (Å²) in [4.78, 5) is 3.88. The molecule has 1 aromatic heterocycles. The highest BCUT2D eigenvalue weighted by Crippen LogP contribution is 2.10. The monoisotopic (exact) mass is 162 g/mol. The summed E-state index contributed by atoms with van der Waals surface area (Å²) >= 11 is 4.92. The second-order valence-electron chi connectivity index (χ2n) is 2.11. The van der Waals surface area contributed by atoms with Crippen molar-refractivity contribution in [2.24, 2.45) is 0 Å². The van der Waals surface area contributed by atoms with Crippen LogP contribution in [0.2, 0.25) is 0 Å². The minimum Gasteiger partial charge on any atom is -0.422 e. The molecule has 0 bridgehead atoms. The molecular formula is C8H4NOS. The first-order valence-electron chi connectivity index (χ1n) is 3.14. The van der Waals surface area contributed by atoms with Crippen LogP contribution < -0.4 is 0 Å². The lowest BCUT2D eigenvalue weighted by Gasteiger charge is -1.91. The summed E-state index contributed by atoms with van der Waals surface area (Å²) in [5.41, 5.74) is 0.823. The third kappa shape index (κ3) is 1.03. The van der Waals surface area contributed by atoms with Crippen LogP contribution in [0, 0.1) is 11.1 Å². The van der Waals surface area contributed by atoms with Crippen molar-refractivity contribution >= 4 is 23.1 Å². The number of rotatable bonds is 0. The van der Waals surface area contributed by atoms with Crippen molar-refractivity contribution in [1.82, 2.24) is 4.98 Å². The quantitative estimate of drug-likeness (QED) is 0.556. The minimum atomic E-state index is 0.440. The fourth-order valence-electron chi connectivity index (χ4n) is 0.912. The fraction of sp³-hybridized carbons (Fsp3) is 0. The van der Waals surface area contributed by atoms with E-state index in [9.17, 15) is 0 Å². The highest BCUT2D eigenvalue weighted by molar-refractivity contribution is 7.71. The number of hydrogen-bond donors (Lipinski definition) is 0. The van der Waals surface area contributed by atoms with E-state index >= 15 is 0 Å². The van der Waals surface area contributed by atoms with Crippen molar-refractivity contribution in [3.8, 4) is 0 Å². The molecule has 0 saturated heterocycles. The van der Waals surface area contributed by atoms with Gasteiger partial charge in [-0.05, 0) is 24.4 Å². The van der Waals surface area contributed by atoms with Crippen molar-refractivity contribution in [3.63, 3.8) is 0 Å². The van der Waals surface area contributed by atoms with Crippen LogP contribution in [-0.4, -0.2) is 4.98 Å². The molecule has 53 valence electrons. The maximum atomic E-state index is 4.92. The highest BCUT2D eigenvalue weighted by Gasteiger charge is 1.94. The van der Waals surface area contributed by atoms with E-state index in [1.54, 1.807) is 0 Å². The molecule has 0 aliphatic heterocycles. The van der Waals surface area contributed by atoms with Gasteiger partial charge in [0.25, 0.3) is 6.39 Å². The third-order valence-corrected chi connectivity index (χ3v) is 1.73. The predicted molar refractivity (Wildman–Crippen MR) is 43.7 cm³/mol. The van der Waals surface area contributed by atoms with E-state index in [1.807, 2.05) is 24.3 Å². The van der Waals surface area contributed by atoms with Gasteiger partial charge in [0.2, 0.25) is 4.71 Å². The van der Waals surface area contributed by atoms with Gasteiger partial charge in [0.05, 0.1) is 10.9 Å². The topological polar surface area (TPSA) is 26.0 Å². The Morgan fingerprint density at radius 3 is 3.00 bits per heavy atom. The first kappa shape index (κ1) is 6.49. The Balaban J connectivity index is 3.03. The van der Waals surface area contributed by atoms with Crippen LogP contribution in [0.15, 0.2) is 28.7 Å². The molecule has 2 nitrogen and oxygen atoms in total. The van der Waals surface area contributed by atoms with Crippen molar-refractivity contribution in [2.45, 2.75) is 0 Å². The lowest BCUT2D eigenvalue weighted by Crippen LogP contribution is -1.76. The lowest BCUT2D eigenvalue weighted by molar-refractivity contribution is 0.512. The molecule has 11 heavy (non-hydrogen) atoms. The molecule has 0 spiro atoms. The molecule has 0 saturated carbocycles. The van der Waals surface area contributed by atoms with E-state index in [1.165, 1.54) is 0 Å². The van der Waals surface area contributed by atoms with Gasteiger partial charge >= 0.3 is 0 Å². The molecule has 3 heteroatoms. The fourth-order valence-corrected chi connectivity index (χ4v) is 1.12. The van der Waals surface area contributed by atoms with Crippen LogP contribution in [0.3, 0.4) is 0 Å². The zero-order valence-corrected chi connectivity index (χ0v) is 6.39. The van der Waals surface area contributed by atoms with Gasteiger partial charge in [-0.3, -0.25) is 0 Å². The molecule has 1 radical (unpaired) electrons. The summed E-state index contributed by atoms with van der Waals surface area (Å²) < 4.78 is 5.26. The molecule has 1 heterocycles. The maximum absolute atomic E-state index is 4.92. The first-order valence-corrected chi connectivity index (χ1v) is 3.55. The smallest absolute Gasteiger partial charge is 0.285 e. The van der Waals surface area contributed by atoms with Gasteiger partial charge in [0.15, 0.2) is 0 Å².